The van der Waals surface area contributed by atoms with Crippen molar-refractivity contribution in [3.63, 3.8) is 0 Å². The van der Waals surface area contributed by atoms with E-state index in [1.165, 1.54) is 23.6 Å². The van der Waals surface area contributed by atoms with Gasteiger partial charge in [-0.3, -0.25) is 0 Å². The highest BCUT2D eigenvalue weighted by atomic mass is 16.2. The highest BCUT2D eigenvalue weighted by Crippen LogP contribution is 2.27. The summed E-state index contributed by atoms with van der Waals surface area (Å²) in [5.74, 6) is 0.716. The quantitative estimate of drug-likeness (QED) is 0.905. The lowest BCUT2D eigenvalue weighted by Gasteiger charge is -2.18. The molecule has 0 heterocycles. The Morgan fingerprint density at radius 3 is 2.70 bits per heavy atom. The summed E-state index contributed by atoms with van der Waals surface area (Å²) in [5, 5.41) is 5.44. The predicted octanol–water partition coefficient (Wildman–Crippen LogP) is 3.39. The van der Waals surface area contributed by atoms with Crippen LogP contribution >= 0.6 is 0 Å². The standard InChI is InChI=1S/C17H20N2O/c1-19(17(20)18-11-13-6-7-13)12-14-8-9-15-4-2-3-5-16(15)10-14/h2-5,8-10,13H,6-7,11-12H2,1H3,(H,18,20). The smallest absolute Gasteiger partial charge is 0.317 e. The molecule has 0 aromatic heterocycles. The molecular weight excluding hydrogens is 248 g/mol. The number of urea groups is 1. The molecule has 1 aliphatic rings. The molecule has 1 fully saturated rings. The summed E-state index contributed by atoms with van der Waals surface area (Å²) in [6.07, 6.45) is 2.52. The molecule has 1 N–H and O–H groups in total. The number of carbonyl (C=O) groups excluding carboxylic acids is 1. The molecule has 0 unspecified atom stereocenters. The molecule has 3 rings (SSSR count). The number of rotatable bonds is 4. The Bertz CT molecular complexity index is 619. The minimum Gasteiger partial charge on any atom is -0.338 e. The second kappa shape index (κ2) is 5.53. The van der Waals surface area contributed by atoms with Crippen LogP contribution in [0.25, 0.3) is 10.8 Å². The van der Waals surface area contributed by atoms with Gasteiger partial charge in [-0.25, -0.2) is 4.79 Å². The van der Waals surface area contributed by atoms with E-state index in [1.807, 2.05) is 19.2 Å². The van der Waals surface area contributed by atoms with Crippen LogP contribution in [0.5, 0.6) is 0 Å². The van der Waals surface area contributed by atoms with Gasteiger partial charge in [0, 0.05) is 20.1 Å². The third-order valence-corrected chi connectivity index (χ3v) is 3.82. The number of carbonyl (C=O) groups is 1. The maximum atomic E-state index is 12.0. The molecular formula is C17H20N2O. The van der Waals surface area contributed by atoms with Gasteiger partial charge in [-0.15, -0.1) is 0 Å². The fourth-order valence-corrected chi connectivity index (χ4v) is 2.37. The summed E-state index contributed by atoms with van der Waals surface area (Å²) >= 11 is 0. The third kappa shape index (κ3) is 3.10. The van der Waals surface area contributed by atoms with Gasteiger partial charge in [0.1, 0.15) is 0 Å². The molecule has 2 amide bonds. The lowest BCUT2D eigenvalue weighted by atomic mass is 10.1. The van der Waals surface area contributed by atoms with E-state index < -0.39 is 0 Å². The van der Waals surface area contributed by atoms with Crippen molar-refractivity contribution in [1.29, 1.82) is 0 Å². The van der Waals surface area contributed by atoms with Gasteiger partial charge in [0.2, 0.25) is 0 Å². The van der Waals surface area contributed by atoms with Crippen LogP contribution in [0, 0.1) is 5.92 Å². The lowest BCUT2D eigenvalue weighted by Crippen LogP contribution is -2.37. The Kier molecular flexibility index (Phi) is 3.59. The first kappa shape index (κ1) is 13.0. The van der Waals surface area contributed by atoms with Gasteiger partial charge in [-0.1, -0.05) is 36.4 Å². The van der Waals surface area contributed by atoms with E-state index in [0.29, 0.717) is 12.5 Å². The Morgan fingerprint density at radius 1 is 1.20 bits per heavy atom. The normalized spacial score (nSPS) is 14.2. The van der Waals surface area contributed by atoms with Crippen LogP contribution in [0.3, 0.4) is 0 Å². The molecule has 3 nitrogen and oxygen atoms in total. The summed E-state index contributed by atoms with van der Waals surface area (Å²) < 4.78 is 0. The fraction of sp³-hybridized carbons (Fsp3) is 0.353. The first-order valence-corrected chi connectivity index (χ1v) is 7.19. The summed E-state index contributed by atoms with van der Waals surface area (Å²) in [4.78, 5) is 13.7. The lowest BCUT2D eigenvalue weighted by molar-refractivity contribution is 0.206. The first-order valence-electron chi connectivity index (χ1n) is 7.19. The van der Waals surface area contributed by atoms with Crippen LogP contribution in [0.15, 0.2) is 42.5 Å². The SMILES string of the molecule is CN(Cc1ccc2ccccc2c1)C(=O)NCC1CC1. The molecule has 0 aliphatic heterocycles. The first-order chi connectivity index (χ1) is 9.72. The van der Waals surface area contributed by atoms with Gasteiger partial charge in [-0.2, -0.15) is 0 Å². The Morgan fingerprint density at radius 2 is 1.95 bits per heavy atom. The minimum atomic E-state index is 0.0186. The van der Waals surface area contributed by atoms with Crippen molar-refractivity contribution < 1.29 is 4.79 Å². The summed E-state index contributed by atoms with van der Waals surface area (Å²) in [5.41, 5.74) is 1.16. The molecule has 20 heavy (non-hydrogen) atoms. The van der Waals surface area contributed by atoms with Crippen molar-refractivity contribution in [3.8, 4) is 0 Å². The van der Waals surface area contributed by atoms with Crippen molar-refractivity contribution in [2.75, 3.05) is 13.6 Å². The highest BCUT2D eigenvalue weighted by Gasteiger charge is 2.22. The second-order valence-electron chi connectivity index (χ2n) is 5.67. The average Bonchev–Trinajstić information content (AvgIpc) is 3.28. The molecule has 2 aromatic carbocycles. The van der Waals surface area contributed by atoms with E-state index in [2.05, 4.69) is 35.6 Å². The number of nitrogens with one attached hydrogen (secondary N) is 1. The Hall–Kier alpha value is -2.03. The number of hydrogen-bond donors (Lipinski definition) is 1. The maximum absolute atomic E-state index is 12.0. The topological polar surface area (TPSA) is 32.3 Å². The van der Waals surface area contributed by atoms with Crippen molar-refractivity contribution in [1.82, 2.24) is 10.2 Å². The number of nitrogens with zero attached hydrogens (tertiary/aromatic N) is 1. The molecule has 1 saturated carbocycles. The van der Waals surface area contributed by atoms with Gasteiger partial charge < -0.3 is 10.2 Å². The molecule has 0 radical (unpaired) electrons. The highest BCUT2D eigenvalue weighted by molar-refractivity contribution is 5.83. The number of hydrogen-bond acceptors (Lipinski definition) is 1. The monoisotopic (exact) mass is 268 g/mol. The number of amides is 2. The van der Waals surface area contributed by atoms with E-state index in [-0.39, 0.29) is 6.03 Å². The van der Waals surface area contributed by atoms with Gasteiger partial charge in [0.25, 0.3) is 0 Å². The Balaban J connectivity index is 1.63. The molecule has 0 spiro atoms. The van der Waals surface area contributed by atoms with E-state index in [1.54, 1.807) is 4.90 Å². The molecule has 0 atom stereocenters. The zero-order valence-electron chi connectivity index (χ0n) is 11.8. The van der Waals surface area contributed by atoms with E-state index in [4.69, 9.17) is 0 Å². The van der Waals surface area contributed by atoms with Crippen LogP contribution in [-0.2, 0) is 6.54 Å². The summed E-state index contributed by atoms with van der Waals surface area (Å²) in [7, 11) is 1.84. The van der Waals surface area contributed by atoms with E-state index in [0.717, 1.165) is 12.1 Å². The van der Waals surface area contributed by atoms with Crippen LogP contribution in [0.4, 0.5) is 4.79 Å². The largest absolute Gasteiger partial charge is 0.338 e. The molecule has 3 heteroatoms. The molecule has 2 aromatic rings. The van der Waals surface area contributed by atoms with Crippen molar-refractivity contribution in [3.05, 3.63) is 48.0 Å². The van der Waals surface area contributed by atoms with Gasteiger partial charge >= 0.3 is 6.03 Å². The maximum Gasteiger partial charge on any atom is 0.317 e. The van der Waals surface area contributed by atoms with Gasteiger partial charge in [-0.05, 0) is 41.2 Å². The Labute approximate surface area is 119 Å². The molecule has 0 bridgehead atoms. The second-order valence-corrected chi connectivity index (χ2v) is 5.67. The van der Waals surface area contributed by atoms with Crippen LogP contribution < -0.4 is 5.32 Å². The summed E-state index contributed by atoms with van der Waals surface area (Å²) in [6, 6.07) is 14.7. The van der Waals surface area contributed by atoms with E-state index in [9.17, 15) is 4.79 Å². The minimum absolute atomic E-state index is 0.0186. The third-order valence-electron chi connectivity index (χ3n) is 3.82. The van der Waals surface area contributed by atoms with Crippen LogP contribution in [0.1, 0.15) is 18.4 Å². The average molecular weight is 268 g/mol. The fourth-order valence-electron chi connectivity index (χ4n) is 2.37. The number of benzene rings is 2. The summed E-state index contributed by atoms with van der Waals surface area (Å²) in [6.45, 7) is 1.46. The zero-order chi connectivity index (χ0) is 13.9. The van der Waals surface area contributed by atoms with E-state index >= 15 is 0 Å². The molecule has 104 valence electrons. The predicted molar refractivity (Wildman–Crippen MR) is 81.5 cm³/mol. The number of fused-ring (bicyclic) bond motifs is 1. The van der Waals surface area contributed by atoms with Crippen molar-refractivity contribution in [2.24, 2.45) is 5.92 Å². The van der Waals surface area contributed by atoms with Crippen LogP contribution in [0.2, 0.25) is 0 Å². The molecule has 0 saturated heterocycles. The van der Waals surface area contributed by atoms with Gasteiger partial charge in [0.05, 0.1) is 0 Å². The van der Waals surface area contributed by atoms with Gasteiger partial charge in [0.15, 0.2) is 0 Å². The molecule has 1 aliphatic carbocycles. The van der Waals surface area contributed by atoms with Crippen LogP contribution in [-0.4, -0.2) is 24.5 Å². The zero-order valence-corrected chi connectivity index (χ0v) is 11.8. The van der Waals surface area contributed by atoms with Crippen molar-refractivity contribution >= 4 is 16.8 Å². The van der Waals surface area contributed by atoms with Crippen molar-refractivity contribution in [2.45, 2.75) is 19.4 Å².